The van der Waals surface area contributed by atoms with Crippen LogP contribution < -0.4 is 29.6 Å². The molecule has 0 spiro atoms. The number of nitrogens with one attached hydrogen (secondary N) is 1. The van der Waals surface area contributed by atoms with Gasteiger partial charge in [0.25, 0.3) is 5.69 Å². The van der Waals surface area contributed by atoms with Crippen LogP contribution in [-0.2, 0) is 32.4 Å². The summed E-state index contributed by atoms with van der Waals surface area (Å²) in [6.07, 6.45) is 15.9. The Labute approximate surface area is 562 Å². The number of alkyl halides is 2. The van der Waals surface area contributed by atoms with E-state index in [0.29, 0.717) is 37.1 Å². The van der Waals surface area contributed by atoms with E-state index in [0.717, 1.165) is 95.8 Å². The SMILES string of the molecule is CC(=O)c1ccc2c(c1)c1c3c(ccc1n2CCC1CCCN1C)C(=O)CC3.CN1CCCC1CCCl.CN1CCCC1CCn1c2ccccc2c2c3c(ccc21)C(=O)CC3.O=C1CCc2c1ccc1[nH]c3ccccc3c21.O=[N+]([O-])c1ccccc1.[2H]CF.[H-].[Na+]. The summed E-state index contributed by atoms with van der Waals surface area (Å²) in [5, 5.41) is 17.4. The van der Waals surface area contributed by atoms with Crippen molar-refractivity contribution in [3.63, 3.8) is 0 Å². The van der Waals surface area contributed by atoms with E-state index in [1.165, 1.54) is 142 Å². The number of H-pyrrole nitrogens is 1. The fraction of sp³-hybridized carbons (Fsp3) is 0.387. The van der Waals surface area contributed by atoms with Gasteiger partial charge in [0.05, 0.1) is 13.4 Å². The minimum Gasteiger partial charge on any atom is -1.00 e. The van der Waals surface area contributed by atoms with Crippen molar-refractivity contribution in [2.45, 2.75) is 134 Å². The topological polar surface area (TPSA) is 147 Å². The number of aromatic amines is 1. The van der Waals surface area contributed by atoms with Crippen LogP contribution in [0.25, 0.3) is 65.4 Å². The van der Waals surface area contributed by atoms with E-state index in [9.17, 15) is 33.7 Å². The number of non-ortho nitro benzene ring substituents is 1. The van der Waals surface area contributed by atoms with Crippen LogP contribution in [0.4, 0.5) is 10.1 Å². The minimum atomic E-state index is -1.00. The van der Waals surface area contributed by atoms with Crippen LogP contribution in [0, 0.1) is 10.1 Å². The van der Waals surface area contributed by atoms with Gasteiger partial charge in [-0.15, -0.1) is 11.6 Å². The number of para-hydroxylation sites is 3. The van der Waals surface area contributed by atoms with E-state index >= 15 is 0 Å². The fourth-order valence-corrected chi connectivity index (χ4v) is 15.4. The number of aryl methyl sites for hydroxylation is 5. The molecule has 470 valence electrons. The number of nitro benzene ring substituents is 1. The summed E-state index contributed by atoms with van der Waals surface area (Å²) in [5.41, 5.74) is 14.6. The van der Waals surface area contributed by atoms with Crippen molar-refractivity contribution >= 4 is 106 Å². The summed E-state index contributed by atoms with van der Waals surface area (Å²) in [5.74, 6) is 1.73. The molecule has 7 aromatic carbocycles. The molecule has 3 aliphatic carbocycles. The van der Waals surface area contributed by atoms with Crippen molar-refractivity contribution < 1.29 is 60.8 Å². The third-order valence-corrected chi connectivity index (χ3v) is 20.1. The van der Waals surface area contributed by atoms with E-state index in [1.807, 2.05) is 42.5 Å². The number of halogens is 2. The van der Waals surface area contributed by atoms with Gasteiger partial charge in [0.15, 0.2) is 23.1 Å². The molecule has 3 aromatic heterocycles. The Bertz CT molecular complexity index is 4340. The first-order valence-electron chi connectivity index (χ1n) is 32.8. The number of rotatable bonds is 10. The van der Waals surface area contributed by atoms with Gasteiger partial charge in [-0.05, 0) is 208 Å². The second-order valence-corrected chi connectivity index (χ2v) is 25.4. The molecule has 1 N–H and O–H groups in total. The normalized spacial score (nSPS) is 18.5. The van der Waals surface area contributed by atoms with Gasteiger partial charge in [0.1, 0.15) is 0 Å². The summed E-state index contributed by atoms with van der Waals surface area (Å²) >= 11 is 5.62. The molecule has 0 radical (unpaired) electrons. The number of nitro groups is 1. The van der Waals surface area contributed by atoms with Crippen molar-refractivity contribution in [2.24, 2.45) is 0 Å². The molecule has 3 fully saturated rings. The fourth-order valence-electron chi connectivity index (χ4n) is 15.1. The number of nitrogens with zero attached hydrogens (tertiary/aromatic N) is 6. The third kappa shape index (κ3) is 14.1. The van der Waals surface area contributed by atoms with Gasteiger partial charge in [-0.25, -0.2) is 0 Å². The van der Waals surface area contributed by atoms with Gasteiger partial charge < -0.3 is 30.2 Å². The number of hydrogen-bond donors (Lipinski definition) is 1. The second kappa shape index (κ2) is 30.3. The maximum atomic E-state index is 12.3. The van der Waals surface area contributed by atoms with Crippen molar-refractivity contribution in [1.82, 2.24) is 28.8 Å². The number of Topliss-reactive ketones (excluding diaryl/α,β-unsaturated/α-hetero) is 4. The Balaban J connectivity index is 0.000000143. The Morgan fingerprint density at radius 3 is 1.49 bits per heavy atom. The first kappa shape index (κ1) is 65.6. The van der Waals surface area contributed by atoms with E-state index in [4.69, 9.17) is 13.0 Å². The smallest absolute Gasteiger partial charge is 1.00 e. The number of carbonyl (C=O) groups excluding carboxylic acids is 4. The minimum absolute atomic E-state index is 0. The van der Waals surface area contributed by atoms with Crippen molar-refractivity contribution in [1.29, 1.82) is 0 Å². The van der Waals surface area contributed by atoms with Crippen LogP contribution in [0.3, 0.4) is 0 Å². The maximum Gasteiger partial charge on any atom is 1.00 e. The molecule has 3 atom stereocenters. The molecule has 0 bridgehead atoms. The number of hydrogen-bond acceptors (Lipinski definition) is 9. The zero-order valence-electron chi connectivity index (χ0n) is 55.4. The Morgan fingerprint density at radius 1 is 0.571 bits per heavy atom. The average Bonchev–Trinajstić information content (AvgIpc) is 1.60. The van der Waals surface area contributed by atoms with E-state index < -0.39 is 12.1 Å². The predicted molar refractivity (Wildman–Crippen MR) is 365 cm³/mol. The summed E-state index contributed by atoms with van der Waals surface area (Å²) in [7, 11) is 5.66. The standard InChI is InChI=1S/C24H26N2O2.C22H24N2O.C15H11NO.C7H14ClN.C6H5NO2.CH3F.Na.H/c1-15(27)16-5-8-21-20(14-16)24-19-7-10-23(28)18(19)6-9-22(24)26(21)13-11-17-4-3-12-25(17)2;1-23-13-4-5-15(23)12-14-24-19-7-3-2-6-18(19)22-17-9-11-21(25)16(17)8-10-20(22)24;17-14-8-6-10-9(14)5-7-13-15(10)11-3-1-2-4-12(11)16-13;1-9-6-2-3-7(9)4-5-8;8-7(9)6-4-2-1-3-5-6;1-2;;/h5-6,8-9,14,17H,3-4,7,10-13H2,1-2H3;2-3,6-8,10,15H,4-5,9,11-14H2,1H3;1-5,7,16H,6,8H2;7H,2-6H2,1H3;1-5H;1H3;;/q;;;;;;+1;-1/i;;;;;1D;;. The van der Waals surface area contributed by atoms with Gasteiger partial charge in [-0.3, -0.25) is 33.7 Å². The van der Waals surface area contributed by atoms with Gasteiger partial charge >= 0.3 is 29.6 Å². The molecule has 3 saturated heterocycles. The van der Waals surface area contributed by atoms with Gasteiger partial charge in [0, 0.05) is 156 Å². The van der Waals surface area contributed by atoms with Crippen molar-refractivity contribution in [2.75, 3.05) is 53.8 Å². The summed E-state index contributed by atoms with van der Waals surface area (Å²) in [6.45, 7) is 7.31. The number of carbonyl (C=O) groups is 4. The quantitative estimate of drug-likeness (QED) is 0.0465. The van der Waals surface area contributed by atoms with Gasteiger partial charge in [-0.1, -0.05) is 54.6 Å². The van der Waals surface area contributed by atoms with Crippen LogP contribution in [0.1, 0.15) is 145 Å². The maximum absolute atomic E-state index is 12.3. The number of likely N-dealkylation sites (tertiary alicyclic amines) is 3. The largest absolute Gasteiger partial charge is 1.00 e. The Kier molecular flexibility index (Phi) is 21.8. The molecule has 3 aliphatic heterocycles. The number of benzene rings is 7. The molecular weight excluding hydrogens is 1170 g/mol. The van der Waals surface area contributed by atoms with E-state index in [1.54, 1.807) is 25.1 Å². The summed E-state index contributed by atoms with van der Waals surface area (Å²) < 4.78 is 20.4. The second-order valence-electron chi connectivity index (χ2n) is 25.0. The molecule has 13 nitrogen and oxygen atoms in total. The van der Waals surface area contributed by atoms with E-state index in [2.05, 4.69) is 111 Å². The van der Waals surface area contributed by atoms with Crippen LogP contribution in [-0.4, -0.2) is 129 Å². The molecule has 16 heteroatoms. The van der Waals surface area contributed by atoms with Crippen LogP contribution in [0.5, 0.6) is 0 Å². The van der Waals surface area contributed by atoms with Crippen LogP contribution >= 0.6 is 11.6 Å². The predicted octanol–water partition coefficient (Wildman–Crippen LogP) is 13.5. The van der Waals surface area contributed by atoms with Gasteiger partial charge in [-0.2, -0.15) is 0 Å². The number of aromatic nitrogens is 3. The molecule has 6 heterocycles. The molecule has 6 aliphatic rings. The van der Waals surface area contributed by atoms with E-state index in [-0.39, 0.29) is 54.0 Å². The molecule has 3 unspecified atom stereocenters. The average molecular weight is 1260 g/mol. The van der Waals surface area contributed by atoms with Crippen molar-refractivity contribution in [3.8, 4) is 0 Å². The molecule has 91 heavy (non-hydrogen) atoms. The molecule has 0 saturated carbocycles. The first-order valence-corrected chi connectivity index (χ1v) is 32.7. The molecule has 10 aromatic rings. The number of fused-ring (bicyclic) bond motifs is 15. The van der Waals surface area contributed by atoms with Crippen molar-refractivity contribution in [3.05, 3.63) is 183 Å². The van der Waals surface area contributed by atoms with Crippen LogP contribution in [0.2, 0.25) is 0 Å². The zero-order chi connectivity index (χ0) is 63.9. The van der Waals surface area contributed by atoms with Crippen LogP contribution in [0.15, 0.2) is 133 Å². The Morgan fingerprint density at radius 2 is 1.01 bits per heavy atom. The summed E-state index contributed by atoms with van der Waals surface area (Å²) in [6, 6.07) is 45.4. The summed E-state index contributed by atoms with van der Waals surface area (Å²) in [4.78, 5) is 68.6. The molecule has 0 amide bonds. The third-order valence-electron chi connectivity index (χ3n) is 19.9. The first-order chi connectivity index (χ1) is 44.2. The molecule has 16 rings (SSSR count). The number of ketones is 4. The molecular formula is C75H84ClFN7NaO6. The zero-order valence-corrected chi connectivity index (χ0v) is 56.1. The van der Waals surface area contributed by atoms with Gasteiger partial charge in [0.2, 0.25) is 0 Å². The monoisotopic (exact) mass is 1260 g/mol. The Hall–Kier alpha value is -6.88.